The summed E-state index contributed by atoms with van der Waals surface area (Å²) in [4.78, 5) is 0. The summed E-state index contributed by atoms with van der Waals surface area (Å²) in [7, 11) is 0. The maximum absolute atomic E-state index is 13.1. The molecular weight excluding hydrogens is 626 g/mol. The second kappa shape index (κ2) is 8.23. The Hall–Kier alpha value is -0.180. The Labute approximate surface area is 156 Å². The van der Waals surface area contributed by atoms with E-state index in [-0.39, 0.29) is 45.2 Å². The molecule has 0 rings (SSSR count). The van der Waals surface area contributed by atoms with E-state index in [1.165, 1.54) is 0 Å². The Bertz CT molecular complexity index is 494. The van der Waals surface area contributed by atoms with Gasteiger partial charge in [0.25, 0.3) is 11.5 Å². The zero-order valence-corrected chi connectivity index (χ0v) is 14.8. The van der Waals surface area contributed by atoms with E-state index in [4.69, 9.17) is 0 Å². The highest BCUT2D eigenvalue weighted by atomic mass is 127. The van der Waals surface area contributed by atoms with Gasteiger partial charge < -0.3 is 4.74 Å². The van der Waals surface area contributed by atoms with Gasteiger partial charge in [0, 0.05) is 45.2 Å². The summed E-state index contributed by atoms with van der Waals surface area (Å²) >= 11 is -0.304. The van der Waals surface area contributed by atoms with Crippen molar-refractivity contribution in [2.24, 2.45) is 0 Å². The molecule has 0 N–H and O–H groups in total. The molecule has 0 aliphatic rings. The van der Waals surface area contributed by atoms with Gasteiger partial charge in [-0.15, -0.1) is 0 Å². The largest absolute Gasteiger partial charge is 0.438 e. The maximum Gasteiger partial charge on any atom is 0.426 e. The topological polar surface area (TPSA) is 27.7 Å². The summed E-state index contributed by atoms with van der Waals surface area (Å²) in [6, 6.07) is 0. The summed E-state index contributed by atoms with van der Waals surface area (Å²) in [5.41, 5.74) is 0. The molecular formula is C8F12I2O3. The van der Waals surface area contributed by atoms with Gasteiger partial charge >= 0.3 is 32.6 Å². The van der Waals surface area contributed by atoms with Crippen LogP contribution in [0.2, 0.25) is 0 Å². The van der Waals surface area contributed by atoms with Crippen LogP contribution >= 0.6 is 45.2 Å². The normalized spacial score (nSPS) is 13.5. The van der Waals surface area contributed by atoms with Gasteiger partial charge in [-0.25, -0.2) is 9.47 Å². The molecule has 17 heteroatoms. The van der Waals surface area contributed by atoms with Gasteiger partial charge in [0.15, 0.2) is 0 Å². The van der Waals surface area contributed by atoms with Gasteiger partial charge in [-0.05, 0) is 0 Å². The Morgan fingerprint density at radius 2 is 0.800 bits per heavy atom. The fourth-order valence-electron chi connectivity index (χ4n) is 0.901. The van der Waals surface area contributed by atoms with Crippen molar-refractivity contribution < 1.29 is 66.9 Å². The third-order valence-corrected chi connectivity index (χ3v) is 2.00. The number of alkyl halides is 10. The summed E-state index contributed by atoms with van der Waals surface area (Å²) in [5.74, 6) is -7.04. The quantitative estimate of drug-likeness (QED) is 0.135. The second-order valence-electron chi connectivity index (χ2n) is 3.41. The molecule has 0 unspecified atom stereocenters. The predicted octanol–water partition coefficient (Wildman–Crippen LogP) is 6.41. The average molecular weight is 626 g/mol. The molecule has 0 amide bonds. The number of halogens is 14. The van der Waals surface area contributed by atoms with Crippen LogP contribution < -0.4 is 0 Å². The van der Waals surface area contributed by atoms with Gasteiger partial charge in [0.05, 0.1) is 0 Å². The summed E-state index contributed by atoms with van der Waals surface area (Å²) in [5, 5.41) is 0. The Kier molecular flexibility index (Phi) is 8.17. The van der Waals surface area contributed by atoms with Crippen molar-refractivity contribution in [3.05, 3.63) is 23.7 Å². The molecule has 0 aromatic rings. The van der Waals surface area contributed by atoms with Gasteiger partial charge in [-0.2, -0.15) is 52.7 Å². The van der Waals surface area contributed by atoms with Crippen molar-refractivity contribution in [1.29, 1.82) is 0 Å². The van der Waals surface area contributed by atoms with Crippen LogP contribution in [-0.2, 0) is 14.2 Å². The monoisotopic (exact) mass is 626 g/mol. The van der Waals surface area contributed by atoms with Crippen LogP contribution in [0.15, 0.2) is 23.7 Å². The van der Waals surface area contributed by atoms with E-state index < -0.39 is 44.1 Å². The molecule has 25 heavy (non-hydrogen) atoms. The predicted molar refractivity (Wildman–Crippen MR) is 69.6 cm³/mol. The zero-order valence-electron chi connectivity index (χ0n) is 10.5. The first kappa shape index (κ1) is 24.8. The molecule has 0 heterocycles. The first-order valence-electron chi connectivity index (χ1n) is 4.87. The third-order valence-electron chi connectivity index (χ3n) is 1.56. The van der Waals surface area contributed by atoms with Crippen LogP contribution in [0.3, 0.4) is 0 Å². The van der Waals surface area contributed by atoms with Gasteiger partial charge in [0.1, 0.15) is 0 Å². The van der Waals surface area contributed by atoms with Crippen molar-refractivity contribution >= 4 is 45.2 Å². The van der Waals surface area contributed by atoms with Gasteiger partial charge in [-0.1, -0.05) is 0 Å². The Balaban J connectivity index is 5.92. The van der Waals surface area contributed by atoms with Crippen molar-refractivity contribution in [3.63, 3.8) is 0 Å². The molecule has 0 aromatic heterocycles. The van der Waals surface area contributed by atoms with E-state index >= 15 is 0 Å². The first-order chi connectivity index (χ1) is 10.8. The minimum Gasteiger partial charge on any atom is -0.438 e. The lowest BCUT2D eigenvalue weighted by atomic mass is 10.4. The first-order valence-corrected chi connectivity index (χ1v) is 7.03. The smallest absolute Gasteiger partial charge is 0.426 e. The molecule has 0 aliphatic carbocycles. The SMILES string of the molecule is FC(F)=C(OC(=C(F)F)C(F)(F)OC(F)(F)I)C(F)(F)OC(F)(F)I. The highest BCUT2D eigenvalue weighted by Gasteiger charge is 2.55. The van der Waals surface area contributed by atoms with Gasteiger partial charge in [-0.3, -0.25) is 0 Å². The van der Waals surface area contributed by atoms with Crippen molar-refractivity contribution in [2.75, 3.05) is 0 Å². The van der Waals surface area contributed by atoms with E-state index in [1.54, 1.807) is 0 Å². The zero-order chi connectivity index (χ0) is 20.4. The Morgan fingerprint density at radius 1 is 0.560 bits per heavy atom. The fraction of sp³-hybridized carbons (Fsp3) is 0.500. The molecule has 0 bridgehead atoms. The van der Waals surface area contributed by atoms with Crippen LogP contribution in [-0.4, -0.2) is 20.4 Å². The molecule has 0 atom stereocenters. The van der Waals surface area contributed by atoms with Crippen LogP contribution in [0, 0.1) is 0 Å². The molecule has 0 radical (unpaired) electrons. The lowest BCUT2D eigenvalue weighted by Gasteiger charge is -2.25. The van der Waals surface area contributed by atoms with Crippen LogP contribution in [0.25, 0.3) is 0 Å². The number of ether oxygens (including phenoxy) is 3. The van der Waals surface area contributed by atoms with Crippen LogP contribution in [0.1, 0.15) is 0 Å². The van der Waals surface area contributed by atoms with Crippen molar-refractivity contribution in [3.8, 4) is 0 Å². The highest BCUT2D eigenvalue weighted by Crippen LogP contribution is 2.44. The molecule has 0 spiro atoms. The summed E-state index contributed by atoms with van der Waals surface area (Å²) < 4.78 is 149. The highest BCUT2D eigenvalue weighted by molar-refractivity contribution is 14.1. The summed E-state index contributed by atoms with van der Waals surface area (Å²) in [6.07, 6.45) is -19.5. The number of hydrogen-bond donors (Lipinski definition) is 0. The molecule has 0 fully saturated rings. The van der Waals surface area contributed by atoms with Crippen molar-refractivity contribution in [2.45, 2.75) is 20.4 Å². The average Bonchev–Trinajstić information content (AvgIpc) is 2.19. The number of rotatable bonds is 8. The Morgan fingerprint density at radius 3 is 0.960 bits per heavy atom. The van der Waals surface area contributed by atoms with Crippen molar-refractivity contribution in [1.82, 2.24) is 0 Å². The maximum atomic E-state index is 13.1. The molecule has 3 nitrogen and oxygen atoms in total. The molecule has 0 aromatic carbocycles. The molecule has 148 valence electrons. The standard InChI is InChI=1S/C8F12I2O3/c9-3(10)1(5(13,14)24-7(17,18)21)23-2(4(11)12)6(15,16)25-8(19,20)22. The minimum atomic E-state index is -5.91. The third kappa shape index (κ3) is 8.84. The van der Waals surface area contributed by atoms with E-state index in [2.05, 4.69) is 14.2 Å². The van der Waals surface area contributed by atoms with Gasteiger partial charge in [0.2, 0.25) is 0 Å². The fourth-order valence-corrected chi connectivity index (χ4v) is 1.45. The van der Waals surface area contributed by atoms with Crippen LogP contribution in [0.5, 0.6) is 0 Å². The van der Waals surface area contributed by atoms with E-state index in [0.717, 1.165) is 0 Å². The van der Waals surface area contributed by atoms with E-state index in [0.29, 0.717) is 0 Å². The molecule has 0 aliphatic heterocycles. The second-order valence-corrected chi connectivity index (χ2v) is 5.92. The number of hydrogen-bond acceptors (Lipinski definition) is 3. The lowest BCUT2D eigenvalue weighted by molar-refractivity contribution is -0.336. The molecule has 0 saturated heterocycles. The summed E-state index contributed by atoms with van der Waals surface area (Å²) in [6.45, 7) is 0. The van der Waals surface area contributed by atoms with E-state index in [9.17, 15) is 52.7 Å². The minimum absolute atomic E-state index is 0.152. The van der Waals surface area contributed by atoms with Crippen LogP contribution in [0.4, 0.5) is 52.7 Å². The lowest BCUT2D eigenvalue weighted by Crippen LogP contribution is -2.36. The molecule has 0 saturated carbocycles. The van der Waals surface area contributed by atoms with E-state index in [1.807, 2.05) is 0 Å².